The molecule has 0 aliphatic rings. The highest BCUT2D eigenvalue weighted by molar-refractivity contribution is 9.06. The second kappa shape index (κ2) is 6.14. The first-order valence-corrected chi connectivity index (χ1v) is 8.75. The maximum Gasteiger partial charge on any atom is 0.119 e. The van der Waals surface area contributed by atoms with Gasteiger partial charge in [0.15, 0.2) is 0 Å². The minimum atomic E-state index is -0.366. The maximum atomic E-state index is 4.87. The van der Waals surface area contributed by atoms with Crippen LogP contribution < -0.4 is 0 Å². The first-order chi connectivity index (χ1) is 8.27. The summed E-state index contributed by atoms with van der Waals surface area (Å²) in [6.07, 6.45) is 0. The van der Waals surface area contributed by atoms with E-state index in [-0.39, 0.29) is 4.08 Å². The van der Waals surface area contributed by atoms with Crippen LogP contribution in [0.3, 0.4) is 0 Å². The van der Waals surface area contributed by atoms with Gasteiger partial charge in [0.2, 0.25) is 0 Å². The molecule has 88 valence electrons. The van der Waals surface area contributed by atoms with E-state index >= 15 is 0 Å². The molecular weight excluding hydrogens is 284 g/mol. The maximum absolute atomic E-state index is 4.87. The molecule has 0 aromatic heterocycles. The Hall–Kier alpha value is -0.160. The van der Waals surface area contributed by atoms with Crippen LogP contribution in [0.4, 0.5) is 0 Å². The third-order valence-corrected chi connectivity index (χ3v) is 6.08. The molecule has 0 aliphatic heterocycles. The largest absolute Gasteiger partial charge is 0.151 e. The van der Waals surface area contributed by atoms with Crippen molar-refractivity contribution in [2.45, 2.75) is 4.08 Å². The summed E-state index contributed by atoms with van der Waals surface area (Å²) in [5, 5.41) is 0. The van der Waals surface area contributed by atoms with Crippen LogP contribution in [0.1, 0.15) is 11.1 Å². The highest BCUT2D eigenvalue weighted by Crippen LogP contribution is 2.52. The molecule has 0 nitrogen and oxygen atoms in total. The van der Waals surface area contributed by atoms with Gasteiger partial charge in [-0.25, -0.2) is 0 Å². The average molecular weight is 297 g/mol. The summed E-state index contributed by atoms with van der Waals surface area (Å²) >= 11 is 9.12. The fourth-order valence-electron chi connectivity index (χ4n) is 1.64. The molecule has 0 aliphatic carbocycles. The summed E-state index contributed by atoms with van der Waals surface area (Å²) in [4.78, 5) is 0. The summed E-state index contributed by atoms with van der Waals surface area (Å²) in [5.41, 5.74) is 2.34. The Morgan fingerprint density at radius 2 is 1.18 bits per heavy atom. The summed E-state index contributed by atoms with van der Waals surface area (Å²) in [6.45, 7) is 0. The van der Waals surface area contributed by atoms with Gasteiger partial charge in [-0.05, 0) is 21.0 Å². The van der Waals surface area contributed by atoms with E-state index < -0.39 is 0 Å². The van der Waals surface area contributed by atoms with Crippen LogP contribution in [-0.4, -0.2) is 0 Å². The van der Waals surface area contributed by atoms with E-state index in [9.17, 15) is 0 Å². The van der Waals surface area contributed by atoms with Crippen molar-refractivity contribution in [1.82, 2.24) is 0 Å². The van der Waals surface area contributed by atoms with Crippen molar-refractivity contribution in [3.63, 3.8) is 0 Å². The molecule has 0 heterocycles. The monoisotopic (exact) mass is 296 g/mol. The minimum absolute atomic E-state index is 0.366. The van der Waals surface area contributed by atoms with E-state index in [1.165, 1.54) is 21.0 Å². The molecule has 0 atom stereocenters. The van der Waals surface area contributed by atoms with E-state index in [1.54, 1.807) is 10.8 Å². The van der Waals surface area contributed by atoms with Crippen LogP contribution in [0.25, 0.3) is 0 Å². The molecule has 0 saturated heterocycles. The highest BCUT2D eigenvalue weighted by Gasteiger charge is 2.30. The van der Waals surface area contributed by atoms with Crippen molar-refractivity contribution in [2.24, 2.45) is 0 Å². The first-order valence-electron chi connectivity index (χ1n) is 5.10. The molecule has 17 heavy (non-hydrogen) atoms. The highest BCUT2D eigenvalue weighted by atomic mass is 33.5. The van der Waals surface area contributed by atoms with Crippen LogP contribution in [0, 0.1) is 0 Å². The van der Waals surface area contributed by atoms with Crippen molar-refractivity contribution < 1.29 is 0 Å². The third kappa shape index (κ3) is 2.99. The van der Waals surface area contributed by atoms with E-state index in [2.05, 4.69) is 35.9 Å². The lowest BCUT2D eigenvalue weighted by atomic mass is 10.0. The van der Waals surface area contributed by atoms with E-state index in [0.29, 0.717) is 0 Å². The Morgan fingerprint density at radius 1 is 0.765 bits per heavy atom. The van der Waals surface area contributed by atoms with Gasteiger partial charge in [-0.3, -0.25) is 0 Å². The Morgan fingerprint density at radius 3 is 1.53 bits per heavy atom. The first kappa shape index (κ1) is 13.3. The van der Waals surface area contributed by atoms with E-state index in [1.807, 2.05) is 36.4 Å². The Kier molecular flexibility index (Phi) is 4.79. The Labute approximate surface area is 120 Å². The fourth-order valence-corrected chi connectivity index (χ4v) is 5.29. The van der Waals surface area contributed by atoms with Gasteiger partial charge in [0.1, 0.15) is 4.08 Å². The standard InChI is InChI=1S/C13H12S4/c14-13(16-17-15,11-7-3-1-4-8-11)12-9-5-2-6-10-12/h1-10,14-15H. The van der Waals surface area contributed by atoms with Crippen LogP contribution >= 0.6 is 44.9 Å². The molecule has 2 aromatic carbocycles. The zero-order chi connectivity index (χ0) is 12.1. The molecule has 0 bridgehead atoms. The smallest absolute Gasteiger partial charge is 0.119 e. The molecule has 0 unspecified atom stereocenters. The van der Waals surface area contributed by atoms with E-state index in [4.69, 9.17) is 12.6 Å². The zero-order valence-corrected chi connectivity index (χ0v) is 12.4. The van der Waals surface area contributed by atoms with Crippen LogP contribution in [0.5, 0.6) is 0 Å². The second-order valence-electron chi connectivity index (χ2n) is 3.53. The third-order valence-electron chi connectivity index (χ3n) is 2.49. The molecular formula is C13H12S4. The molecule has 0 spiro atoms. The molecule has 2 aromatic rings. The van der Waals surface area contributed by atoms with Crippen molar-refractivity contribution >= 4 is 44.9 Å². The quantitative estimate of drug-likeness (QED) is 0.460. The molecule has 0 amide bonds. The average Bonchev–Trinajstić information content (AvgIpc) is 2.41. The SMILES string of the molecule is SSSC(S)(c1ccccc1)c1ccccc1. The van der Waals surface area contributed by atoms with Gasteiger partial charge in [-0.2, -0.15) is 12.6 Å². The molecule has 0 saturated carbocycles. The molecule has 0 fully saturated rings. The lowest BCUT2D eigenvalue weighted by molar-refractivity contribution is 1.09. The lowest BCUT2D eigenvalue weighted by Crippen LogP contribution is -2.14. The number of thiol groups is 2. The molecule has 0 N–H and O–H groups in total. The van der Waals surface area contributed by atoms with Gasteiger partial charge >= 0.3 is 0 Å². The van der Waals surface area contributed by atoms with Gasteiger partial charge < -0.3 is 0 Å². The summed E-state index contributed by atoms with van der Waals surface area (Å²) < 4.78 is -0.366. The predicted molar refractivity (Wildman–Crippen MR) is 86.8 cm³/mol. The van der Waals surface area contributed by atoms with E-state index in [0.717, 1.165) is 0 Å². The summed E-state index contributed by atoms with van der Waals surface area (Å²) in [7, 11) is 3.06. The van der Waals surface area contributed by atoms with Gasteiger partial charge in [-0.15, -0.1) is 0 Å². The number of rotatable bonds is 4. The Balaban J connectivity index is 2.47. The van der Waals surface area contributed by atoms with Crippen molar-refractivity contribution in [2.75, 3.05) is 0 Å². The molecule has 4 heteroatoms. The number of benzene rings is 2. The number of hydrogen-bond donors (Lipinski definition) is 2. The molecule has 2 rings (SSSR count). The predicted octanol–water partition coefficient (Wildman–Crippen LogP) is 5.04. The minimum Gasteiger partial charge on any atom is -0.151 e. The van der Waals surface area contributed by atoms with Gasteiger partial charge in [0.25, 0.3) is 0 Å². The van der Waals surface area contributed by atoms with Crippen LogP contribution in [-0.2, 0) is 4.08 Å². The fraction of sp³-hybridized carbons (Fsp3) is 0.0769. The van der Waals surface area contributed by atoms with Crippen molar-refractivity contribution in [3.05, 3.63) is 71.8 Å². The summed E-state index contributed by atoms with van der Waals surface area (Å²) in [5.74, 6) is 0. The second-order valence-corrected chi connectivity index (χ2v) is 7.72. The zero-order valence-electron chi connectivity index (χ0n) is 8.98. The lowest BCUT2D eigenvalue weighted by Gasteiger charge is -2.27. The number of hydrogen-bond acceptors (Lipinski definition) is 4. The van der Waals surface area contributed by atoms with Crippen molar-refractivity contribution in [3.8, 4) is 0 Å². The van der Waals surface area contributed by atoms with Gasteiger partial charge in [0, 0.05) is 0 Å². The summed E-state index contributed by atoms with van der Waals surface area (Å²) in [6, 6.07) is 20.5. The Bertz CT molecular complexity index is 416. The van der Waals surface area contributed by atoms with Crippen molar-refractivity contribution in [1.29, 1.82) is 0 Å². The van der Waals surface area contributed by atoms with Crippen LogP contribution in [0.15, 0.2) is 60.7 Å². The van der Waals surface area contributed by atoms with Gasteiger partial charge in [-0.1, -0.05) is 83.1 Å². The molecule has 0 radical (unpaired) electrons. The van der Waals surface area contributed by atoms with Crippen LogP contribution in [0.2, 0.25) is 0 Å². The normalized spacial score (nSPS) is 11.4. The van der Waals surface area contributed by atoms with Gasteiger partial charge in [0.05, 0.1) is 0 Å². The topological polar surface area (TPSA) is 0 Å².